The largest absolute Gasteiger partial charge is 0.337 e. The Kier molecular flexibility index (Phi) is 4.89. The van der Waals surface area contributed by atoms with E-state index in [4.69, 9.17) is 5.26 Å². The van der Waals surface area contributed by atoms with Gasteiger partial charge in [0.2, 0.25) is 5.91 Å². The molecule has 4 rings (SSSR count). The van der Waals surface area contributed by atoms with Gasteiger partial charge < -0.3 is 4.90 Å². The molecule has 0 radical (unpaired) electrons. The molecule has 8 heteroatoms. The molecule has 1 aromatic heterocycles. The molecule has 0 bridgehead atoms. The summed E-state index contributed by atoms with van der Waals surface area (Å²) in [6.07, 6.45) is 0.418. The monoisotopic (exact) mass is 411 g/mol. The van der Waals surface area contributed by atoms with Gasteiger partial charge in [-0.25, -0.2) is 8.42 Å². The fraction of sp³-hybridized carbons (Fsp3) is 0.200. The van der Waals surface area contributed by atoms with Crippen molar-refractivity contribution in [2.24, 2.45) is 0 Å². The molecule has 0 saturated carbocycles. The second-order valence-electron chi connectivity index (χ2n) is 6.64. The standard InChI is InChI=1S/C20H17N3O3S2/c21-12-14-4-3-5-15(10-14)13-23-9-8-17(20(23)24)22-28(25,26)19-11-16-6-1-2-7-18(16)27-19/h1-7,10-11,17,22H,8-9,13H2/t17-/m0/s1. The van der Waals surface area contributed by atoms with E-state index in [0.717, 1.165) is 15.6 Å². The lowest BCUT2D eigenvalue weighted by atomic mass is 10.1. The molecule has 1 aliphatic rings. The molecule has 1 saturated heterocycles. The van der Waals surface area contributed by atoms with Crippen molar-refractivity contribution in [3.05, 3.63) is 65.7 Å². The van der Waals surface area contributed by atoms with Gasteiger partial charge in [0.25, 0.3) is 10.0 Å². The van der Waals surface area contributed by atoms with Crippen LogP contribution in [0.3, 0.4) is 0 Å². The summed E-state index contributed by atoms with van der Waals surface area (Å²) in [5.41, 5.74) is 1.38. The topological polar surface area (TPSA) is 90.3 Å². The van der Waals surface area contributed by atoms with E-state index in [-0.39, 0.29) is 10.1 Å². The Morgan fingerprint density at radius 2 is 2.00 bits per heavy atom. The number of sulfonamides is 1. The maximum Gasteiger partial charge on any atom is 0.250 e. The van der Waals surface area contributed by atoms with E-state index in [9.17, 15) is 13.2 Å². The van der Waals surface area contributed by atoms with Crippen molar-refractivity contribution < 1.29 is 13.2 Å². The van der Waals surface area contributed by atoms with Gasteiger partial charge in [0.15, 0.2) is 0 Å². The van der Waals surface area contributed by atoms with E-state index in [0.29, 0.717) is 25.1 Å². The van der Waals surface area contributed by atoms with E-state index in [1.165, 1.54) is 11.3 Å². The van der Waals surface area contributed by atoms with Crippen molar-refractivity contribution in [3.8, 4) is 6.07 Å². The van der Waals surface area contributed by atoms with Crippen molar-refractivity contribution in [2.75, 3.05) is 6.54 Å². The zero-order chi connectivity index (χ0) is 19.7. The second-order valence-corrected chi connectivity index (χ2v) is 9.66. The van der Waals surface area contributed by atoms with Gasteiger partial charge in [0.05, 0.1) is 11.6 Å². The van der Waals surface area contributed by atoms with Crippen LogP contribution in [0.4, 0.5) is 0 Å². The van der Waals surface area contributed by atoms with E-state index in [1.54, 1.807) is 29.2 Å². The summed E-state index contributed by atoms with van der Waals surface area (Å²) in [6.45, 7) is 0.824. The van der Waals surface area contributed by atoms with Crippen molar-refractivity contribution in [1.82, 2.24) is 9.62 Å². The zero-order valence-corrected chi connectivity index (χ0v) is 16.5. The molecule has 0 unspecified atom stereocenters. The number of carbonyl (C=O) groups is 1. The summed E-state index contributed by atoms with van der Waals surface area (Å²) in [5.74, 6) is -0.243. The number of carbonyl (C=O) groups excluding carboxylic acids is 1. The first-order valence-electron chi connectivity index (χ1n) is 8.75. The van der Waals surface area contributed by atoms with Crippen LogP contribution in [0.25, 0.3) is 10.1 Å². The average Bonchev–Trinajstić information content (AvgIpc) is 3.27. The fourth-order valence-corrected chi connectivity index (χ4v) is 5.94. The maximum atomic E-state index is 12.7. The average molecular weight is 412 g/mol. The van der Waals surface area contributed by atoms with Gasteiger partial charge in [-0.05, 0) is 41.6 Å². The summed E-state index contributed by atoms with van der Waals surface area (Å²) in [7, 11) is -3.77. The normalized spacial score (nSPS) is 17.2. The number of hydrogen-bond acceptors (Lipinski definition) is 5. The van der Waals surface area contributed by atoms with Crippen LogP contribution in [0.15, 0.2) is 58.8 Å². The molecule has 142 valence electrons. The number of thiophene rings is 1. The van der Waals surface area contributed by atoms with E-state index >= 15 is 0 Å². The fourth-order valence-electron chi connectivity index (χ4n) is 3.30. The molecular weight excluding hydrogens is 394 g/mol. The van der Waals surface area contributed by atoms with E-state index < -0.39 is 16.1 Å². The zero-order valence-electron chi connectivity index (χ0n) is 14.8. The smallest absolute Gasteiger partial charge is 0.250 e. The van der Waals surface area contributed by atoms with E-state index in [2.05, 4.69) is 10.8 Å². The minimum absolute atomic E-state index is 0.210. The third kappa shape index (κ3) is 3.64. The van der Waals surface area contributed by atoms with Gasteiger partial charge >= 0.3 is 0 Å². The lowest BCUT2D eigenvalue weighted by Crippen LogP contribution is -2.41. The van der Waals surface area contributed by atoms with Crippen molar-refractivity contribution >= 4 is 37.4 Å². The first-order valence-corrected chi connectivity index (χ1v) is 11.0. The molecule has 1 N–H and O–H groups in total. The van der Waals surface area contributed by atoms with Crippen molar-refractivity contribution in [1.29, 1.82) is 5.26 Å². The Bertz CT molecular complexity index is 1160. The van der Waals surface area contributed by atoms with Crippen LogP contribution in [0.5, 0.6) is 0 Å². The summed E-state index contributed by atoms with van der Waals surface area (Å²) >= 11 is 1.19. The SMILES string of the molecule is N#Cc1cccc(CN2CC[C@H](NS(=O)(=O)c3cc4ccccc4s3)C2=O)c1. The van der Waals surface area contributed by atoms with E-state index in [1.807, 2.05) is 30.3 Å². The Morgan fingerprint density at radius 3 is 2.79 bits per heavy atom. The molecule has 0 spiro atoms. The van der Waals surface area contributed by atoms with Gasteiger partial charge in [0.1, 0.15) is 10.3 Å². The summed E-state index contributed by atoms with van der Waals surface area (Å²) < 4.78 is 29.1. The quantitative estimate of drug-likeness (QED) is 0.699. The number of likely N-dealkylation sites (tertiary alicyclic amines) is 1. The molecule has 28 heavy (non-hydrogen) atoms. The van der Waals surface area contributed by atoms with Crippen LogP contribution >= 0.6 is 11.3 Å². The third-order valence-corrected chi connectivity index (χ3v) is 7.75. The lowest BCUT2D eigenvalue weighted by molar-refractivity contribution is -0.129. The van der Waals surface area contributed by atoms with Gasteiger partial charge in [-0.15, -0.1) is 11.3 Å². The van der Waals surface area contributed by atoms with Crippen LogP contribution < -0.4 is 4.72 Å². The van der Waals surface area contributed by atoms with Gasteiger partial charge in [0, 0.05) is 17.8 Å². The highest BCUT2D eigenvalue weighted by molar-refractivity contribution is 7.91. The Labute approximate surface area is 167 Å². The molecule has 1 amide bonds. The summed E-state index contributed by atoms with van der Waals surface area (Å²) in [5, 5.41) is 9.86. The lowest BCUT2D eigenvalue weighted by Gasteiger charge is -2.17. The van der Waals surface area contributed by atoms with Crippen LogP contribution in [0.2, 0.25) is 0 Å². The number of hydrogen-bond donors (Lipinski definition) is 1. The number of rotatable bonds is 5. The highest BCUT2D eigenvalue weighted by Crippen LogP contribution is 2.29. The number of nitrogens with zero attached hydrogens (tertiary/aromatic N) is 2. The molecule has 2 aromatic carbocycles. The van der Waals surface area contributed by atoms with Crippen LogP contribution in [0, 0.1) is 11.3 Å². The minimum Gasteiger partial charge on any atom is -0.337 e. The van der Waals surface area contributed by atoms with Crippen LogP contribution in [-0.2, 0) is 21.4 Å². The molecular formula is C20H17N3O3S2. The predicted octanol–water partition coefficient (Wildman–Crippen LogP) is 2.85. The number of nitriles is 1. The summed E-state index contributed by atoms with van der Waals surface area (Å²) in [4.78, 5) is 14.3. The third-order valence-electron chi connectivity index (χ3n) is 4.69. The van der Waals surface area contributed by atoms with Gasteiger partial charge in [-0.1, -0.05) is 30.3 Å². The maximum absolute atomic E-state index is 12.7. The van der Waals surface area contributed by atoms with Gasteiger partial charge in [-0.3, -0.25) is 4.79 Å². The van der Waals surface area contributed by atoms with Crippen molar-refractivity contribution in [2.45, 2.75) is 23.2 Å². The number of amides is 1. The van der Waals surface area contributed by atoms with Crippen LogP contribution in [-0.4, -0.2) is 31.8 Å². The molecule has 6 nitrogen and oxygen atoms in total. The van der Waals surface area contributed by atoms with Crippen LogP contribution in [0.1, 0.15) is 17.5 Å². The molecule has 0 aliphatic carbocycles. The minimum atomic E-state index is -3.77. The number of fused-ring (bicyclic) bond motifs is 1. The second kappa shape index (κ2) is 7.36. The number of nitrogens with one attached hydrogen (secondary N) is 1. The first kappa shape index (κ1) is 18.6. The van der Waals surface area contributed by atoms with Gasteiger partial charge in [-0.2, -0.15) is 9.98 Å². The first-order chi connectivity index (χ1) is 13.5. The number of benzene rings is 2. The highest BCUT2D eigenvalue weighted by Gasteiger charge is 2.35. The summed E-state index contributed by atoms with van der Waals surface area (Å²) in [6, 6.07) is 17.5. The Morgan fingerprint density at radius 1 is 1.18 bits per heavy atom. The van der Waals surface area contributed by atoms with Crippen molar-refractivity contribution in [3.63, 3.8) is 0 Å². The predicted molar refractivity (Wildman–Crippen MR) is 107 cm³/mol. The molecule has 3 aromatic rings. The Hall–Kier alpha value is -2.73. The molecule has 2 heterocycles. The Balaban J connectivity index is 1.48. The molecule has 1 aliphatic heterocycles. The highest BCUT2D eigenvalue weighted by atomic mass is 32.2. The molecule has 1 atom stereocenters. The molecule has 1 fully saturated rings.